The Morgan fingerprint density at radius 1 is 0.365 bits per heavy atom. The van der Waals surface area contributed by atoms with E-state index in [1.54, 1.807) is 22.7 Å². The van der Waals surface area contributed by atoms with Crippen molar-refractivity contribution < 1.29 is 9.59 Å². The number of hydrogen-bond donors (Lipinski definition) is 0. The molecule has 2 aliphatic heterocycles. The number of rotatable bonds is 47. The van der Waals surface area contributed by atoms with Gasteiger partial charge in [-0.2, -0.15) is 0 Å². The summed E-state index contributed by atoms with van der Waals surface area (Å²) in [4.78, 5) is 41.5. The van der Waals surface area contributed by atoms with Crippen LogP contribution in [0.5, 0.6) is 0 Å². The van der Waals surface area contributed by atoms with E-state index < -0.39 is 0 Å². The highest BCUT2D eigenvalue weighted by Crippen LogP contribution is 2.50. The fourth-order valence-electron chi connectivity index (χ4n) is 12.0. The molecule has 0 saturated heterocycles. The molecule has 0 aromatic carbocycles. The summed E-state index contributed by atoms with van der Waals surface area (Å²) in [6, 6.07) is 13.2. The molecule has 4 nitrogen and oxygen atoms in total. The van der Waals surface area contributed by atoms with Crippen molar-refractivity contribution in [3.63, 3.8) is 0 Å². The maximum absolute atomic E-state index is 15.7. The third kappa shape index (κ3) is 21.7. The Hall–Kier alpha value is -2.48. The van der Waals surface area contributed by atoms with Crippen molar-refractivity contribution in [1.29, 1.82) is 0 Å². The maximum Gasteiger partial charge on any atom is 0.261 e. The lowest BCUT2D eigenvalue weighted by molar-refractivity contribution is -0.124. The monoisotopic (exact) mass is 1070 g/mol. The fourth-order valence-corrected chi connectivity index (χ4v) is 14.8. The quantitative estimate of drug-likeness (QED) is 0.0529. The van der Waals surface area contributed by atoms with Crippen molar-refractivity contribution in [2.24, 2.45) is 11.8 Å². The lowest BCUT2D eigenvalue weighted by Gasteiger charge is -2.29. The largest absolute Gasteiger partial charge is 0.306 e. The van der Waals surface area contributed by atoms with Crippen molar-refractivity contribution in [2.45, 2.75) is 291 Å². The van der Waals surface area contributed by atoms with E-state index in [1.165, 1.54) is 246 Å². The number of aryl methyl sites for hydroxylation is 1. The summed E-state index contributed by atoms with van der Waals surface area (Å²) in [6.45, 7) is 12.8. The zero-order valence-electron chi connectivity index (χ0n) is 48.3. The maximum atomic E-state index is 15.7. The van der Waals surface area contributed by atoms with Gasteiger partial charge in [0.15, 0.2) is 0 Å². The van der Waals surface area contributed by atoms with Crippen molar-refractivity contribution in [3.05, 3.63) is 67.6 Å². The normalized spacial score (nSPS) is 14.7. The fraction of sp³-hybridized carbons (Fsp3) is 0.731. The number of amides is 2. The Labute approximate surface area is 467 Å². The van der Waals surface area contributed by atoms with Crippen LogP contribution in [0.1, 0.15) is 299 Å². The Bertz CT molecular complexity index is 2000. The van der Waals surface area contributed by atoms with Gasteiger partial charge in [-0.1, -0.05) is 265 Å². The standard InChI is InChI=1S/C67H108N2O2S3/c1-6-10-14-18-22-26-28-32-36-40-44-56(43-38-34-30-24-20-16-12-8-3)53-68-64(60-47-42-52-72-60)62-63(67(68)71)65(61-51-50-59(74-61)58-49-48-55(5)73-58)69(66(62)70)54-57(45-39-35-31-25-21-17-13-9-4)46-41-37-33-29-27-23-19-15-11-7-2/h42,47-52,56-57H,6-41,43-46,53-54H2,1-5H3. The first-order valence-electron chi connectivity index (χ1n) is 31.7. The average molecular weight is 1070 g/mol. The molecule has 0 bridgehead atoms. The van der Waals surface area contributed by atoms with E-state index in [0.717, 1.165) is 46.8 Å². The predicted octanol–water partition coefficient (Wildman–Crippen LogP) is 22.6. The van der Waals surface area contributed by atoms with Gasteiger partial charge < -0.3 is 9.80 Å². The second-order valence-electron chi connectivity index (χ2n) is 23.0. The minimum Gasteiger partial charge on any atom is -0.306 e. The Balaban J connectivity index is 1.40. The Morgan fingerprint density at radius 3 is 1.00 bits per heavy atom. The van der Waals surface area contributed by atoms with Gasteiger partial charge in [-0.05, 0) is 80.2 Å². The number of carbonyl (C=O) groups is 2. The van der Waals surface area contributed by atoms with E-state index in [-0.39, 0.29) is 11.8 Å². The number of unbranched alkanes of at least 4 members (excludes halogenated alkanes) is 32. The number of thiophene rings is 3. The van der Waals surface area contributed by atoms with Gasteiger partial charge in [-0.25, -0.2) is 0 Å². The summed E-state index contributed by atoms with van der Waals surface area (Å²) in [5.41, 5.74) is 3.16. The molecule has 0 fully saturated rings. The van der Waals surface area contributed by atoms with E-state index in [9.17, 15) is 0 Å². The van der Waals surface area contributed by atoms with Crippen molar-refractivity contribution in [3.8, 4) is 9.75 Å². The van der Waals surface area contributed by atoms with E-state index in [2.05, 4.69) is 86.2 Å². The molecule has 5 rings (SSSR count). The third-order valence-corrected chi connectivity index (χ3v) is 19.7. The van der Waals surface area contributed by atoms with Crippen LogP contribution in [-0.2, 0) is 9.59 Å². The third-order valence-electron chi connectivity index (χ3n) is 16.5. The smallest absolute Gasteiger partial charge is 0.261 e. The highest BCUT2D eigenvalue weighted by Gasteiger charge is 2.50. The second kappa shape index (κ2) is 38.1. The molecule has 5 heterocycles. The molecule has 3 aromatic rings. The first-order valence-corrected chi connectivity index (χ1v) is 34.3. The van der Waals surface area contributed by atoms with Crippen molar-refractivity contribution >= 4 is 57.2 Å². The molecule has 74 heavy (non-hydrogen) atoms. The van der Waals surface area contributed by atoms with Gasteiger partial charge in [-0.3, -0.25) is 9.59 Å². The summed E-state index contributed by atoms with van der Waals surface area (Å²) < 4.78 is 0. The summed E-state index contributed by atoms with van der Waals surface area (Å²) in [5, 5.41) is 2.13. The van der Waals surface area contributed by atoms with Crippen LogP contribution in [0, 0.1) is 18.8 Å². The molecule has 0 spiro atoms. The van der Waals surface area contributed by atoms with Crippen LogP contribution < -0.4 is 0 Å². The van der Waals surface area contributed by atoms with E-state index in [1.807, 2.05) is 11.3 Å². The minimum atomic E-state index is 0.0643. The molecular weight excluding hydrogens is 961 g/mol. The molecule has 2 atom stereocenters. The van der Waals surface area contributed by atoms with Gasteiger partial charge in [0.05, 0.1) is 32.3 Å². The highest BCUT2D eigenvalue weighted by molar-refractivity contribution is 7.22. The van der Waals surface area contributed by atoms with Crippen LogP contribution in [0.15, 0.2) is 52.9 Å². The minimum absolute atomic E-state index is 0.0643. The zero-order chi connectivity index (χ0) is 52.4. The van der Waals surface area contributed by atoms with Gasteiger partial charge in [0.25, 0.3) is 11.8 Å². The lowest BCUT2D eigenvalue weighted by Crippen LogP contribution is -2.34. The van der Waals surface area contributed by atoms with Crippen molar-refractivity contribution in [2.75, 3.05) is 13.1 Å². The Morgan fingerprint density at radius 2 is 0.676 bits per heavy atom. The topological polar surface area (TPSA) is 40.6 Å². The van der Waals surface area contributed by atoms with Crippen LogP contribution >= 0.6 is 34.0 Å². The van der Waals surface area contributed by atoms with Crippen LogP contribution in [0.25, 0.3) is 21.1 Å². The predicted molar refractivity (Wildman–Crippen MR) is 328 cm³/mol. The molecule has 2 aliphatic rings. The van der Waals surface area contributed by atoms with E-state index >= 15 is 9.59 Å². The van der Waals surface area contributed by atoms with Gasteiger partial charge in [-0.15, -0.1) is 34.0 Å². The number of hydrogen-bond acceptors (Lipinski definition) is 5. The van der Waals surface area contributed by atoms with Crippen molar-refractivity contribution in [1.82, 2.24) is 9.80 Å². The van der Waals surface area contributed by atoms with E-state index in [4.69, 9.17) is 0 Å². The number of nitrogens with zero attached hydrogens (tertiary/aromatic N) is 2. The molecule has 0 radical (unpaired) electrons. The second-order valence-corrected chi connectivity index (χ2v) is 26.4. The molecule has 7 heteroatoms. The van der Waals surface area contributed by atoms with Crippen LogP contribution in [0.3, 0.4) is 0 Å². The van der Waals surface area contributed by atoms with Crippen LogP contribution in [0.2, 0.25) is 0 Å². The molecular formula is C67H108N2O2S3. The zero-order valence-corrected chi connectivity index (χ0v) is 50.8. The number of fused-ring (bicyclic) bond motifs is 1. The molecule has 0 aliphatic carbocycles. The average Bonchev–Trinajstić information content (AvgIpc) is 4.27. The van der Waals surface area contributed by atoms with Gasteiger partial charge in [0, 0.05) is 27.7 Å². The Kier molecular flexibility index (Phi) is 32.1. The SMILES string of the molecule is CCCCCCCCCCCCC(CCCCCCCCCC)CN1C(=O)C2=C(c3ccc(-c4ccc(C)s4)s3)N(CC(CCCCCCCCCC)CCCCCCCCCCCC)C(=O)C2=C1c1cccs1. The summed E-state index contributed by atoms with van der Waals surface area (Å²) in [5.74, 6) is 0.963. The first-order chi connectivity index (χ1) is 36.4. The van der Waals surface area contributed by atoms with Crippen LogP contribution in [-0.4, -0.2) is 34.7 Å². The molecule has 0 N–H and O–H groups in total. The lowest BCUT2D eigenvalue weighted by atomic mass is 9.93. The number of carbonyl (C=O) groups excluding carboxylic acids is 2. The molecule has 3 aromatic heterocycles. The molecule has 0 saturated carbocycles. The molecule has 2 amide bonds. The van der Waals surface area contributed by atoms with Gasteiger partial charge in [0.2, 0.25) is 0 Å². The molecule has 2 unspecified atom stereocenters. The van der Waals surface area contributed by atoms with E-state index in [0.29, 0.717) is 36.1 Å². The summed E-state index contributed by atoms with van der Waals surface area (Å²) in [6.07, 6.45) is 52.4. The van der Waals surface area contributed by atoms with Crippen LogP contribution in [0.4, 0.5) is 0 Å². The summed E-state index contributed by atoms with van der Waals surface area (Å²) >= 11 is 5.30. The first kappa shape index (κ1) is 62.4. The highest BCUT2D eigenvalue weighted by atomic mass is 32.1. The summed E-state index contributed by atoms with van der Waals surface area (Å²) in [7, 11) is 0. The molecule has 416 valence electrons. The van der Waals surface area contributed by atoms with Gasteiger partial charge >= 0.3 is 0 Å². The van der Waals surface area contributed by atoms with Gasteiger partial charge in [0.1, 0.15) is 0 Å².